The number of hydrogen-bond donors (Lipinski definition) is 1. The van der Waals surface area contributed by atoms with Gasteiger partial charge in [-0.15, -0.1) is 0 Å². The van der Waals surface area contributed by atoms with Crippen LogP contribution in [-0.2, 0) is 11.3 Å². The Morgan fingerprint density at radius 3 is 2.53 bits per heavy atom. The Hall–Kier alpha value is -3.91. The number of nitrogens with zero attached hydrogens (tertiary/aromatic N) is 2. The first-order valence-corrected chi connectivity index (χ1v) is 12.3. The van der Waals surface area contributed by atoms with Crippen LogP contribution in [-0.4, -0.2) is 48.2 Å². The summed E-state index contributed by atoms with van der Waals surface area (Å²) in [5.41, 5.74) is 1.40. The van der Waals surface area contributed by atoms with E-state index in [2.05, 4.69) is 26.2 Å². The summed E-state index contributed by atoms with van der Waals surface area (Å²) in [5, 5.41) is 4.85. The van der Waals surface area contributed by atoms with E-state index < -0.39 is 6.09 Å². The molecule has 0 unspecified atom stereocenters. The lowest BCUT2D eigenvalue weighted by atomic mass is 10.1. The van der Waals surface area contributed by atoms with Crippen LogP contribution in [0.1, 0.15) is 15.9 Å². The number of fused-ring (bicyclic) bond motifs is 1. The Kier molecular flexibility index (Phi) is 8.88. The first-order valence-electron chi connectivity index (χ1n) is 11.5. The van der Waals surface area contributed by atoms with E-state index >= 15 is 0 Å². The van der Waals surface area contributed by atoms with E-state index in [0.717, 1.165) is 22.1 Å². The molecule has 0 radical (unpaired) electrons. The summed E-state index contributed by atoms with van der Waals surface area (Å²) in [7, 11) is 0. The Morgan fingerprint density at radius 2 is 1.69 bits per heavy atom. The van der Waals surface area contributed by atoms with Crippen LogP contribution in [0.15, 0.2) is 95.7 Å². The van der Waals surface area contributed by atoms with Crippen LogP contribution in [0, 0.1) is 0 Å². The number of nitrogens with one attached hydrogen (secondary N) is 1. The van der Waals surface area contributed by atoms with Crippen molar-refractivity contribution < 1.29 is 19.1 Å². The minimum absolute atomic E-state index is 0.0431. The Balaban J connectivity index is 1.32. The molecule has 3 aromatic carbocycles. The zero-order valence-corrected chi connectivity index (χ0v) is 21.2. The summed E-state index contributed by atoms with van der Waals surface area (Å²) in [6, 6.07) is 25.3. The largest absolute Gasteiger partial charge is 0.491 e. The normalized spacial score (nSPS) is 10.6. The standard InChI is InChI=1S/C28H26BrN3O4/c29-24-17-23(18-30-19-24)27(33)31-13-15-36-28(34)32(20-21-7-2-1-3-8-21)14-16-35-26-12-6-10-22-9-4-5-11-25(22)26/h1-12,17-19H,13-16,20H2,(H,31,33). The van der Waals surface area contributed by atoms with Crippen molar-refractivity contribution in [1.82, 2.24) is 15.2 Å². The molecule has 36 heavy (non-hydrogen) atoms. The molecular weight excluding hydrogens is 522 g/mol. The Bertz CT molecular complexity index is 1310. The second-order valence-corrected chi connectivity index (χ2v) is 8.91. The predicted octanol–water partition coefficient (Wildman–Crippen LogP) is 5.44. The van der Waals surface area contributed by atoms with E-state index in [1.165, 1.54) is 6.20 Å². The molecule has 0 aliphatic rings. The van der Waals surface area contributed by atoms with Crippen LogP contribution in [0.2, 0.25) is 0 Å². The lowest BCUT2D eigenvalue weighted by Gasteiger charge is -2.22. The number of carbonyl (C=O) groups excluding carboxylic acids is 2. The fourth-order valence-corrected chi connectivity index (χ4v) is 4.02. The highest BCUT2D eigenvalue weighted by molar-refractivity contribution is 9.10. The lowest BCUT2D eigenvalue weighted by Crippen LogP contribution is -2.36. The SMILES string of the molecule is O=C(NCCOC(=O)N(CCOc1cccc2ccccc12)Cc1ccccc1)c1cncc(Br)c1. The molecule has 0 bridgehead atoms. The van der Waals surface area contributed by atoms with E-state index in [-0.39, 0.29) is 19.1 Å². The molecule has 1 heterocycles. The average Bonchev–Trinajstić information content (AvgIpc) is 2.91. The zero-order valence-electron chi connectivity index (χ0n) is 19.6. The molecule has 7 nitrogen and oxygen atoms in total. The fourth-order valence-electron chi connectivity index (χ4n) is 3.66. The first kappa shape index (κ1) is 25.2. The van der Waals surface area contributed by atoms with Crippen molar-refractivity contribution in [2.75, 3.05) is 26.3 Å². The molecule has 0 saturated carbocycles. The van der Waals surface area contributed by atoms with E-state index in [4.69, 9.17) is 9.47 Å². The Labute approximate surface area is 218 Å². The number of pyridine rings is 1. The topological polar surface area (TPSA) is 80.8 Å². The maximum absolute atomic E-state index is 12.9. The van der Waals surface area contributed by atoms with Gasteiger partial charge in [-0.2, -0.15) is 0 Å². The van der Waals surface area contributed by atoms with Gasteiger partial charge in [0.1, 0.15) is 19.0 Å². The van der Waals surface area contributed by atoms with Gasteiger partial charge in [-0.3, -0.25) is 9.78 Å². The van der Waals surface area contributed by atoms with Gasteiger partial charge in [0.25, 0.3) is 5.91 Å². The molecule has 0 aliphatic heterocycles. The zero-order chi connectivity index (χ0) is 25.2. The van der Waals surface area contributed by atoms with Crippen LogP contribution >= 0.6 is 15.9 Å². The van der Waals surface area contributed by atoms with E-state index in [0.29, 0.717) is 29.7 Å². The molecule has 1 N–H and O–H groups in total. The number of ether oxygens (including phenoxy) is 2. The molecule has 0 atom stereocenters. The molecule has 4 rings (SSSR count). The summed E-state index contributed by atoms with van der Waals surface area (Å²) < 4.78 is 12.2. The van der Waals surface area contributed by atoms with Crippen molar-refractivity contribution in [2.45, 2.75) is 6.54 Å². The minimum Gasteiger partial charge on any atom is -0.491 e. The fraction of sp³-hybridized carbons (Fsp3) is 0.179. The third-order valence-corrected chi connectivity index (χ3v) is 5.86. The maximum Gasteiger partial charge on any atom is 0.410 e. The maximum atomic E-state index is 12.9. The molecule has 0 aliphatic carbocycles. The van der Waals surface area contributed by atoms with Gasteiger partial charge < -0.3 is 19.7 Å². The third kappa shape index (κ3) is 7.05. The van der Waals surface area contributed by atoms with Crippen LogP contribution in [0.4, 0.5) is 4.79 Å². The second kappa shape index (κ2) is 12.7. The van der Waals surface area contributed by atoms with Gasteiger partial charge >= 0.3 is 6.09 Å². The van der Waals surface area contributed by atoms with Crippen LogP contribution in [0.5, 0.6) is 5.75 Å². The van der Waals surface area contributed by atoms with Gasteiger partial charge in [-0.05, 0) is 39.0 Å². The highest BCUT2D eigenvalue weighted by atomic mass is 79.9. The number of amides is 2. The third-order valence-electron chi connectivity index (χ3n) is 5.42. The number of rotatable bonds is 10. The number of halogens is 1. The quantitative estimate of drug-likeness (QED) is 0.267. The van der Waals surface area contributed by atoms with E-state index in [9.17, 15) is 9.59 Å². The molecule has 184 valence electrons. The van der Waals surface area contributed by atoms with Gasteiger partial charge in [0.2, 0.25) is 0 Å². The van der Waals surface area contributed by atoms with Crippen molar-refractivity contribution in [3.05, 3.63) is 107 Å². The van der Waals surface area contributed by atoms with E-state index in [1.807, 2.05) is 72.8 Å². The van der Waals surface area contributed by atoms with Gasteiger partial charge in [0.05, 0.1) is 18.7 Å². The summed E-state index contributed by atoms with van der Waals surface area (Å²) in [4.78, 5) is 30.7. The summed E-state index contributed by atoms with van der Waals surface area (Å²) in [6.07, 6.45) is 2.60. The average molecular weight is 548 g/mol. The molecule has 2 amide bonds. The molecule has 0 saturated heterocycles. The monoisotopic (exact) mass is 547 g/mol. The molecule has 0 spiro atoms. The summed E-state index contributed by atoms with van der Waals surface area (Å²) in [6.45, 7) is 1.26. The van der Waals surface area contributed by atoms with Crippen LogP contribution < -0.4 is 10.1 Å². The first-order chi connectivity index (χ1) is 17.6. The van der Waals surface area contributed by atoms with Crippen LogP contribution in [0.3, 0.4) is 0 Å². The van der Waals surface area contributed by atoms with Crippen LogP contribution in [0.25, 0.3) is 10.8 Å². The Morgan fingerprint density at radius 1 is 0.917 bits per heavy atom. The van der Waals surface area contributed by atoms with Crippen molar-refractivity contribution in [2.24, 2.45) is 0 Å². The molecule has 1 aromatic heterocycles. The molecule has 0 fully saturated rings. The molecule has 4 aromatic rings. The number of carbonyl (C=O) groups is 2. The second-order valence-electron chi connectivity index (χ2n) is 8.00. The van der Waals surface area contributed by atoms with Crippen molar-refractivity contribution >= 4 is 38.7 Å². The highest BCUT2D eigenvalue weighted by Gasteiger charge is 2.16. The molecule has 8 heteroatoms. The van der Waals surface area contributed by atoms with Gasteiger partial charge in [0.15, 0.2) is 0 Å². The smallest absolute Gasteiger partial charge is 0.410 e. The van der Waals surface area contributed by atoms with Crippen molar-refractivity contribution in [1.29, 1.82) is 0 Å². The number of benzene rings is 3. The highest BCUT2D eigenvalue weighted by Crippen LogP contribution is 2.25. The van der Waals surface area contributed by atoms with Gasteiger partial charge in [0, 0.05) is 28.8 Å². The lowest BCUT2D eigenvalue weighted by molar-refractivity contribution is 0.0861. The summed E-state index contributed by atoms with van der Waals surface area (Å²) >= 11 is 3.29. The minimum atomic E-state index is -0.473. The van der Waals surface area contributed by atoms with Crippen molar-refractivity contribution in [3.63, 3.8) is 0 Å². The van der Waals surface area contributed by atoms with E-state index in [1.54, 1.807) is 17.2 Å². The number of hydrogen-bond acceptors (Lipinski definition) is 5. The van der Waals surface area contributed by atoms with Gasteiger partial charge in [-0.1, -0.05) is 66.7 Å². The summed E-state index contributed by atoms with van der Waals surface area (Å²) in [5.74, 6) is 0.482. The number of aromatic nitrogens is 1. The van der Waals surface area contributed by atoms with Gasteiger partial charge in [-0.25, -0.2) is 4.79 Å². The van der Waals surface area contributed by atoms with Crippen molar-refractivity contribution in [3.8, 4) is 5.75 Å². The molecular formula is C28H26BrN3O4. The predicted molar refractivity (Wildman–Crippen MR) is 142 cm³/mol.